The molecule has 5 rings (SSSR count). The molecule has 1 unspecified atom stereocenters. The van der Waals surface area contributed by atoms with E-state index in [0.29, 0.717) is 11.5 Å². The standard InChI is InChI=1S/C19H26BrN/c20-18-4-2-1-3-16(18)8-17(21)12-19-9-13-5-14(10-19)7-15(6-13)11-19/h1-4,13-15,17H,5-12,21H2. The summed E-state index contributed by atoms with van der Waals surface area (Å²) in [6.07, 6.45) is 11.3. The highest BCUT2D eigenvalue weighted by molar-refractivity contribution is 9.10. The lowest BCUT2D eigenvalue weighted by Gasteiger charge is -2.57. The quantitative estimate of drug-likeness (QED) is 0.821. The molecule has 0 radical (unpaired) electrons. The zero-order valence-corrected chi connectivity index (χ0v) is 14.3. The summed E-state index contributed by atoms with van der Waals surface area (Å²) in [5, 5.41) is 0. The SMILES string of the molecule is NC(Cc1ccccc1Br)CC12CC3CC(CC(C3)C1)C2. The molecule has 4 fully saturated rings. The van der Waals surface area contributed by atoms with Gasteiger partial charge in [-0.3, -0.25) is 0 Å². The summed E-state index contributed by atoms with van der Waals surface area (Å²) in [5.41, 5.74) is 8.55. The Kier molecular flexibility index (Phi) is 3.66. The maximum absolute atomic E-state index is 6.58. The largest absolute Gasteiger partial charge is 0.327 e. The molecule has 114 valence electrons. The Labute approximate surface area is 136 Å². The van der Waals surface area contributed by atoms with Gasteiger partial charge in [0.25, 0.3) is 0 Å². The van der Waals surface area contributed by atoms with Gasteiger partial charge in [0, 0.05) is 10.5 Å². The monoisotopic (exact) mass is 347 g/mol. The topological polar surface area (TPSA) is 26.0 Å². The van der Waals surface area contributed by atoms with Crippen molar-refractivity contribution in [3.05, 3.63) is 34.3 Å². The molecular weight excluding hydrogens is 322 g/mol. The van der Waals surface area contributed by atoms with Crippen molar-refractivity contribution in [2.24, 2.45) is 28.9 Å². The molecule has 0 saturated heterocycles. The van der Waals surface area contributed by atoms with Gasteiger partial charge in [0.1, 0.15) is 0 Å². The van der Waals surface area contributed by atoms with Crippen LogP contribution in [0.1, 0.15) is 50.5 Å². The van der Waals surface area contributed by atoms with Crippen molar-refractivity contribution in [2.75, 3.05) is 0 Å². The fourth-order valence-corrected chi connectivity index (χ4v) is 6.56. The lowest BCUT2D eigenvalue weighted by Crippen LogP contribution is -2.48. The Morgan fingerprint density at radius 1 is 1.05 bits per heavy atom. The van der Waals surface area contributed by atoms with Crippen molar-refractivity contribution in [1.29, 1.82) is 0 Å². The van der Waals surface area contributed by atoms with Crippen molar-refractivity contribution < 1.29 is 0 Å². The minimum absolute atomic E-state index is 0.319. The van der Waals surface area contributed by atoms with E-state index in [1.54, 1.807) is 0 Å². The zero-order chi connectivity index (χ0) is 14.4. The van der Waals surface area contributed by atoms with Gasteiger partial charge in [-0.2, -0.15) is 0 Å². The molecule has 2 N–H and O–H groups in total. The molecule has 4 bridgehead atoms. The summed E-state index contributed by atoms with van der Waals surface area (Å²) in [6, 6.07) is 8.87. The number of benzene rings is 1. The molecule has 0 aliphatic heterocycles. The smallest absolute Gasteiger partial charge is 0.0207 e. The van der Waals surface area contributed by atoms with Crippen LogP contribution in [0.5, 0.6) is 0 Å². The highest BCUT2D eigenvalue weighted by atomic mass is 79.9. The van der Waals surface area contributed by atoms with Gasteiger partial charge in [-0.25, -0.2) is 0 Å². The molecule has 0 aromatic heterocycles. The van der Waals surface area contributed by atoms with Crippen LogP contribution < -0.4 is 5.73 Å². The second kappa shape index (κ2) is 5.38. The number of hydrogen-bond acceptors (Lipinski definition) is 1. The third-order valence-electron chi connectivity index (χ3n) is 6.30. The molecular formula is C19H26BrN. The highest BCUT2D eigenvalue weighted by Crippen LogP contribution is 2.61. The van der Waals surface area contributed by atoms with Crippen molar-refractivity contribution >= 4 is 15.9 Å². The summed E-state index contributed by atoms with van der Waals surface area (Å²) in [6.45, 7) is 0. The van der Waals surface area contributed by atoms with Crippen LogP contribution in [0.15, 0.2) is 28.7 Å². The van der Waals surface area contributed by atoms with Gasteiger partial charge < -0.3 is 5.73 Å². The lowest BCUT2D eigenvalue weighted by molar-refractivity contribution is -0.0602. The Hall–Kier alpha value is -0.340. The van der Waals surface area contributed by atoms with Crippen LogP contribution in [0, 0.1) is 23.2 Å². The van der Waals surface area contributed by atoms with Crippen LogP contribution in [-0.4, -0.2) is 6.04 Å². The van der Waals surface area contributed by atoms with Gasteiger partial charge in [0.15, 0.2) is 0 Å². The Morgan fingerprint density at radius 2 is 1.62 bits per heavy atom. The maximum atomic E-state index is 6.58. The van der Waals surface area contributed by atoms with Gasteiger partial charge in [-0.15, -0.1) is 0 Å². The summed E-state index contributed by atoms with van der Waals surface area (Å²) >= 11 is 3.66. The third-order valence-corrected chi connectivity index (χ3v) is 7.07. The van der Waals surface area contributed by atoms with E-state index in [1.807, 2.05) is 0 Å². The van der Waals surface area contributed by atoms with Gasteiger partial charge in [0.05, 0.1) is 0 Å². The van der Waals surface area contributed by atoms with Gasteiger partial charge in [-0.05, 0) is 86.2 Å². The first-order valence-corrected chi connectivity index (χ1v) is 9.40. The lowest BCUT2D eigenvalue weighted by atomic mass is 9.48. The van der Waals surface area contributed by atoms with Crippen molar-refractivity contribution in [3.8, 4) is 0 Å². The zero-order valence-electron chi connectivity index (χ0n) is 12.7. The first kappa shape index (κ1) is 14.3. The molecule has 0 heterocycles. The first-order valence-electron chi connectivity index (χ1n) is 8.61. The average molecular weight is 348 g/mol. The maximum Gasteiger partial charge on any atom is 0.0207 e. The van der Waals surface area contributed by atoms with Crippen molar-refractivity contribution in [1.82, 2.24) is 0 Å². The second-order valence-corrected chi connectivity index (χ2v) is 9.03. The summed E-state index contributed by atoms with van der Waals surface area (Å²) in [7, 11) is 0. The molecule has 21 heavy (non-hydrogen) atoms. The van der Waals surface area contributed by atoms with E-state index >= 15 is 0 Å². The molecule has 0 spiro atoms. The van der Waals surface area contributed by atoms with Crippen molar-refractivity contribution in [3.63, 3.8) is 0 Å². The fourth-order valence-electron chi connectivity index (χ4n) is 6.11. The number of hydrogen-bond donors (Lipinski definition) is 1. The van der Waals surface area contributed by atoms with E-state index in [9.17, 15) is 0 Å². The molecule has 0 amide bonds. The summed E-state index contributed by atoms with van der Waals surface area (Å²) in [4.78, 5) is 0. The van der Waals surface area contributed by atoms with Gasteiger partial charge in [0.2, 0.25) is 0 Å². The van der Waals surface area contributed by atoms with E-state index in [0.717, 1.165) is 24.2 Å². The summed E-state index contributed by atoms with van der Waals surface area (Å²) in [5.74, 6) is 3.10. The third kappa shape index (κ3) is 2.82. The highest BCUT2D eigenvalue weighted by Gasteiger charge is 2.50. The Balaban J connectivity index is 1.45. The molecule has 2 heteroatoms. The van der Waals surface area contributed by atoms with Crippen molar-refractivity contribution in [2.45, 2.75) is 57.4 Å². The molecule has 4 saturated carbocycles. The first-order chi connectivity index (χ1) is 10.1. The fraction of sp³-hybridized carbons (Fsp3) is 0.684. The number of rotatable bonds is 4. The van der Waals surface area contributed by atoms with E-state index in [4.69, 9.17) is 5.73 Å². The normalized spacial score (nSPS) is 38.7. The molecule has 4 aliphatic carbocycles. The Bertz CT molecular complexity index is 489. The molecule has 1 nitrogen and oxygen atoms in total. The van der Waals surface area contributed by atoms with E-state index in [-0.39, 0.29) is 0 Å². The molecule has 1 aromatic rings. The van der Waals surface area contributed by atoms with Crippen LogP contribution in [0.25, 0.3) is 0 Å². The van der Waals surface area contributed by atoms with Crippen LogP contribution in [0.3, 0.4) is 0 Å². The van der Waals surface area contributed by atoms with Crippen LogP contribution >= 0.6 is 15.9 Å². The van der Waals surface area contributed by atoms with Crippen LogP contribution in [0.4, 0.5) is 0 Å². The van der Waals surface area contributed by atoms with Gasteiger partial charge >= 0.3 is 0 Å². The minimum atomic E-state index is 0.319. The van der Waals surface area contributed by atoms with E-state index in [1.165, 1.54) is 55.0 Å². The number of halogens is 1. The molecule has 1 atom stereocenters. The molecule has 4 aliphatic rings. The second-order valence-electron chi connectivity index (χ2n) is 8.18. The van der Waals surface area contributed by atoms with E-state index in [2.05, 4.69) is 40.2 Å². The predicted octanol–water partition coefficient (Wildman–Crippen LogP) is 4.93. The average Bonchev–Trinajstić information content (AvgIpc) is 2.39. The van der Waals surface area contributed by atoms with Crippen LogP contribution in [0.2, 0.25) is 0 Å². The van der Waals surface area contributed by atoms with Crippen LogP contribution in [-0.2, 0) is 6.42 Å². The minimum Gasteiger partial charge on any atom is -0.327 e. The molecule has 1 aromatic carbocycles. The van der Waals surface area contributed by atoms with E-state index < -0.39 is 0 Å². The van der Waals surface area contributed by atoms with Gasteiger partial charge in [-0.1, -0.05) is 34.1 Å². The predicted molar refractivity (Wildman–Crippen MR) is 91.0 cm³/mol. The summed E-state index contributed by atoms with van der Waals surface area (Å²) < 4.78 is 1.21. The Morgan fingerprint density at radius 3 is 2.19 bits per heavy atom. The number of nitrogens with two attached hydrogens (primary N) is 1.